The largest absolute Gasteiger partial charge is 0.381 e. The molecule has 5 heteroatoms. The fraction of sp³-hybridized carbons (Fsp3) is 0.636. The first kappa shape index (κ1) is 12.7. The number of carbonyl (C=O) groups excluding carboxylic acids is 1. The van der Waals surface area contributed by atoms with Crippen LogP contribution in [0.2, 0.25) is 0 Å². The van der Waals surface area contributed by atoms with Crippen molar-refractivity contribution in [2.75, 3.05) is 19.8 Å². The molecule has 2 N–H and O–H groups in total. The lowest BCUT2D eigenvalue weighted by Gasteiger charge is -2.07. The van der Waals surface area contributed by atoms with Gasteiger partial charge in [0.1, 0.15) is 0 Å². The molecule has 1 heterocycles. The van der Waals surface area contributed by atoms with E-state index in [9.17, 15) is 4.79 Å². The van der Waals surface area contributed by atoms with Crippen LogP contribution in [0.3, 0.4) is 0 Å². The molecule has 5 nitrogen and oxygen atoms in total. The molecule has 1 aromatic rings. The van der Waals surface area contributed by atoms with Crippen LogP contribution in [0.15, 0.2) is 12.4 Å². The second kappa shape index (κ2) is 7.00. The maximum absolute atomic E-state index is 11.4. The van der Waals surface area contributed by atoms with Gasteiger partial charge in [-0.05, 0) is 12.3 Å². The zero-order valence-electron chi connectivity index (χ0n) is 9.82. The highest BCUT2D eigenvalue weighted by molar-refractivity contribution is 5.93. The van der Waals surface area contributed by atoms with Gasteiger partial charge >= 0.3 is 0 Å². The normalized spacial score (nSPS) is 10.7. The minimum absolute atomic E-state index is 0.0994. The van der Waals surface area contributed by atoms with E-state index in [-0.39, 0.29) is 5.91 Å². The van der Waals surface area contributed by atoms with Crippen molar-refractivity contribution in [3.63, 3.8) is 0 Å². The molecule has 0 radical (unpaired) electrons. The van der Waals surface area contributed by atoms with Crippen molar-refractivity contribution in [2.24, 2.45) is 5.92 Å². The van der Waals surface area contributed by atoms with Crippen molar-refractivity contribution in [2.45, 2.75) is 20.3 Å². The topological polar surface area (TPSA) is 67.0 Å². The highest BCUT2D eigenvalue weighted by Crippen LogP contribution is 1.94. The number of ether oxygens (including phenoxy) is 1. The Balaban J connectivity index is 2.01. The van der Waals surface area contributed by atoms with Crippen LogP contribution in [0.1, 0.15) is 30.6 Å². The summed E-state index contributed by atoms with van der Waals surface area (Å²) in [5.41, 5.74) is 0.558. The van der Waals surface area contributed by atoms with E-state index in [0.29, 0.717) is 24.6 Å². The Morgan fingerprint density at radius 1 is 1.62 bits per heavy atom. The number of hydrogen-bond acceptors (Lipinski definition) is 3. The van der Waals surface area contributed by atoms with Gasteiger partial charge in [-0.3, -0.25) is 9.89 Å². The Morgan fingerprint density at radius 2 is 2.44 bits per heavy atom. The highest BCUT2D eigenvalue weighted by Gasteiger charge is 2.04. The van der Waals surface area contributed by atoms with Crippen molar-refractivity contribution in [3.8, 4) is 0 Å². The van der Waals surface area contributed by atoms with Gasteiger partial charge in [0.05, 0.1) is 11.8 Å². The summed E-state index contributed by atoms with van der Waals surface area (Å²) in [5, 5.41) is 9.10. The summed E-state index contributed by atoms with van der Waals surface area (Å²) in [6.45, 7) is 6.31. The number of amides is 1. The number of carbonyl (C=O) groups is 1. The lowest BCUT2D eigenvalue weighted by Crippen LogP contribution is -2.25. The molecule has 0 atom stereocenters. The fourth-order valence-corrected chi connectivity index (χ4v) is 1.17. The minimum Gasteiger partial charge on any atom is -0.381 e. The van der Waals surface area contributed by atoms with Crippen LogP contribution in [-0.2, 0) is 4.74 Å². The molecule has 0 saturated carbocycles. The van der Waals surface area contributed by atoms with Crippen LogP contribution in [0.25, 0.3) is 0 Å². The first-order valence-electron chi connectivity index (χ1n) is 5.55. The Morgan fingerprint density at radius 3 is 3.06 bits per heavy atom. The number of aromatic amines is 1. The molecule has 0 aliphatic carbocycles. The van der Waals surface area contributed by atoms with Gasteiger partial charge in [-0.2, -0.15) is 5.10 Å². The van der Waals surface area contributed by atoms with E-state index in [4.69, 9.17) is 4.74 Å². The van der Waals surface area contributed by atoms with Crippen molar-refractivity contribution < 1.29 is 9.53 Å². The van der Waals surface area contributed by atoms with E-state index in [0.717, 1.165) is 13.0 Å². The molecule has 1 amide bonds. The zero-order valence-corrected chi connectivity index (χ0v) is 9.82. The van der Waals surface area contributed by atoms with E-state index in [1.807, 2.05) is 0 Å². The van der Waals surface area contributed by atoms with Gasteiger partial charge in [0.25, 0.3) is 5.91 Å². The number of aromatic nitrogens is 2. The molecule has 90 valence electrons. The predicted molar refractivity (Wildman–Crippen MR) is 61.2 cm³/mol. The van der Waals surface area contributed by atoms with Crippen LogP contribution in [0, 0.1) is 5.92 Å². The molecule has 0 saturated heterocycles. The molecule has 0 fully saturated rings. The number of rotatable bonds is 7. The number of hydrogen-bond donors (Lipinski definition) is 2. The summed E-state index contributed by atoms with van der Waals surface area (Å²) in [5.74, 6) is 0.457. The molecule has 0 aliphatic rings. The Kier molecular flexibility index (Phi) is 5.56. The molecule has 0 unspecified atom stereocenters. The zero-order chi connectivity index (χ0) is 11.8. The molecule has 0 aliphatic heterocycles. The number of H-pyrrole nitrogens is 1. The van der Waals surface area contributed by atoms with E-state index in [1.54, 1.807) is 6.20 Å². The van der Waals surface area contributed by atoms with Gasteiger partial charge in [-0.15, -0.1) is 0 Å². The maximum atomic E-state index is 11.4. The first-order chi connectivity index (χ1) is 7.70. The third-order valence-electron chi connectivity index (χ3n) is 1.96. The van der Waals surface area contributed by atoms with E-state index in [2.05, 4.69) is 29.4 Å². The summed E-state index contributed by atoms with van der Waals surface area (Å²) < 4.78 is 5.40. The molecule has 0 spiro atoms. The van der Waals surface area contributed by atoms with Crippen molar-refractivity contribution in [1.29, 1.82) is 0 Å². The third kappa shape index (κ3) is 4.93. The Labute approximate surface area is 95.6 Å². The summed E-state index contributed by atoms with van der Waals surface area (Å²) in [7, 11) is 0. The average Bonchev–Trinajstić information content (AvgIpc) is 2.75. The molecular formula is C11H19N3O2. The molecule has 1 rings (SSSR count). The minimum atomic E-state index is -0.0994. The summed E-state index contributed by atoms with van der Waals surface area (Å²) in [4.78, 5) is 11.4. The van der Waals surface area contributed by atoms with Gasteiger partial charge in [0.15, 0.2) is 0 Å². The van der Waals surface area contributed by atoms with E-state index >= 15 is 0 Å². The van der Waals surface area contributed by atoms with Crippen molar-refractivity contribution >= 4 is 5.91 Å². The quantitative estimate of drug-likeness (QED) is 0.685. The first-order valence-corrected chi connectivity index (χ1v) is 5.55. The van der Waals surface area contributed by atoms with Gasteiger partial charge in [0.2, 0.25) is 0 Å². The van der Waals surface area contributed by atoms with Gasteiger partial charge in [-0.25, -0.2) is 0 Å². The second-order valence-corrected chi connectivity index (χ2v) is 4.07. The van der Waals surface area contributed by atoms with Crippen molar-refractivity contribution in [3.05, 3.63) is 18.0 Å². The smallest absolute Gasteiger partial charge is 0.254 e. The van der Waals surface area contributed by atoms with Gasteiger partial charge in [0, 0.05) is 26.0 Å². The number of nitrogens with zero attached hydrogens (tertiary/aromatic N) is 1. The Hall–Kier alpha value is -1.36. The lowest BCUT2D eigenvalue weighted by molar-refractivity contribution is 0.0925. The maximum Gasteiger partial charge on any atom is 0.254 e. The van der Waals surface area contributed by atoms with Crippen molar-refractivity contribution in [1.82, 2.24) is 15.5 Å². The van der Waals surface area contributed by atoms with Crippen LogP contribution < -0.4 is 5.32 Å². The van der Waals surface area contributed by atoms with Gasteiger partial charge < -0.3 is 10.1 Å². The van der Waals surface area contributed by atoms with Crippen LogP contribution >= 0.6 is 0 Å². The standard InChI is InChI=1S/C11H19N3O2/c1-9(2)8-16-5-3-4-12-11(15)10-6-13-14-7-10/h6-7,9H,3-5,8H2,1-2H3,(H,12,15)(H,13,14). The Bertz CT molecular complexity index is 296. The molecule has 0 bridgehead atoms. The summed E-state index contributed by atoms with van der Waals surface area (Å²) in [6, 6.07) is 0. The van der Waals surface area contributed by atoms with Gasteiger partial charge in [-0.1, -0.05) is 13.8 Å². The average molecular weight is 225 g/mol. The van der Waals surface area contributed by atoms with Crippen LogP contribution in [0.4, 0.5) is 0 Å². The molecule has 0 aromatic carbocycles. The SMILES string of the molecule is CC(C)COCCCNC(=O)c1cn[nH]c1. The predicted octanol–water partition coefficient (Wildman–Crippen LogP) is 1.20. The monoisotopic (exact) mass is 225 g/mol. The molecule has 1 aromatic heterocycles. The highest BCUT2D eigenvalue weighted by atomic mass is 16.5. The number of nitrogens with one attached hydrogen (secondary N) is 2. The fourth-order valence-electron chi connectivity index (χ4n) is 1.17. The second-order valence-electron chi connectivity index (χ2n) is 4.07. The third-order valence-corrected chi connectivity index (χ3v) is 1.96. The summed E-state index contributed by atoms with van der Waals surface area (Å²) in [6.07, 6.45) is 3.91. The summed E-state index contributed by atoms with van der Waals surface area (Å²) >= 11 is 0. The molecular weight excluding hydrogens is 206 g/mol. The van der Waals surface area contributed by atoms with Crippen LogP contribution in [0.5, 0.6) is 0 Å². The van der Waals surface area contributed by atoms with E-state index < -0.39 is 0 Å². The lowest BCUT2D eigenvalue weighted by atomic mass is 10.2. The van der Waals surface area contributed by atoms with Crippen LogP contribution in [-0.4, -0.2) is 35.9 Å². The molecule has 16 heavy (non-hydrogen) atoms. The van der Waals surface area contributed by atoms with E-state index in [1.165, 1.54) is 6.20 Å².